The molecule has 106 valence electrons. The Morgan fingerprint density at radius 1 is 0.952 bits per heavy atom. The molecule has 1 heterocycles. The molecule has 2 nitrogen and oxygen atoms in total. The van der Waals surface area contributed by atoms with Crippen molar-refractivity contribution in [1.82, 2.24) is 9.97 Å². The molecule has 0 atom stereocenters. The zero-order valence-electron chi connectivity index (χ0n) is 10.8. The largest absolute Gasteiger partial charge is 0.225 e. The third-order valence-corrected chi connectivity index (χ3v) is 3.41. The zero-order chi connectivity index (χ0) is 15.1. The van der Waals surface area contributed by atoms with Gasteiger partial charge >= 0.3 is 0 Å². The van der Waals surface area contributed by atoms with Crippen LogP contribution >= 0.6 is 11.6 Å². The van der Waals surface area contributed by atoms with Crippen LogP contribution in [-0.4, -0.2) is 9.97 Å². The molecular weight excluding hydrogens is 301 g/mol. The quantitative estimate of drug-likeness (QED) is 0.610. The van der Waals surface area contributed by atoms with Crippen molar-refractivity contribution in [3.8, 4) is 11.4 Å². The fourth-order valence-electron chi connectivity index (χ4n) is 2.03. The molecule has 2 aromatic carbocycles. The molecule has 0 fully saturated rings. The Kier molecular flexibility index (Phi) is 3.29. The van der Waals surface area contributed by atoms with Crippen LogP contribution in [0, 0.1) is 24.4 Å². The molecule has 0 bridgehead atoms. The lowest BCUT2D eigenvalue weighted by atomic mass is 10.1. The number of aryl methyl sites for hydroxylation is 1. The van der Waals surface area contributed by atoms with Gasteiger partial charge in [0.25, 0.3) is 0 Å². The number of para-hydroxylation sites is 1. The van der Waals surface area contributed by atoms with Crippen LogP contribution < -0.4 is 0 Å². The molecule has 0 aliphatic heterocycles. The van der Waals surface area contributed by atoms with E-state index in [0.717, 1.165) is 6.07 Å². The van der Waals surface area contributed by atoms with Crippen molar-refractivity contribution in [3.63, 3.8) is 0 Å². The van der Waals surface area contributed by atoms with Gasteiger partial charge in [-0.25, -0.2) is 23.1 Å². The van der Waals surface area contributed by atoms with E-state index in [9.17, 15) is 13.2 Å². The summed E-state index contributed by atoms with van der Waals surface area (Å²) in [4.78, 5) is 7.97. The Morgan fingerprint density at radius 2 is 1.71 bits per heavy atom. The molecule has 0 amide bonds. The molecule has 0 aliphatic carbocycles. The molecule has 0 N–H and O–H groups in total. The molecule has 0 saturated carbocycles. The smallest absolute Gasteiger partial charge is 0.164 e. The van der Waals surface area contributed by atoms with Gasteiger partial charge in [-0.1, -0.05) is 17.7 Å². The number of fused-ring (bicyclic) bond motifs is 1. The fourth-order valence-corrected chi connectivity index (χ4v) is 2.26. The summed E-state index contributed by atoms with van der Waals surface area (Å²) in [6.45, 7) is 1.49. The van der Waals surface area contributed by atoms with Crippen molar-refractivity contribution < 1.29 is 13.2 Å². The first-order valence-electron chi connectivity index (χ1n) is 6.05. The monoisotopic (exact) mass is 308 g/mol. The standard InChI is InChI=1S/C15H8ClF3N2/c1-7-5-9(12(19)6-11(7)18)15-20-13-8(14(16)21-15)3-2-4-10(13)17/h2-6H,1H3. The van der Waals surface area contributed by atoms with Gasteiger partial charge in [-0.15, -0.1) is 0 Å². The minimum absolute atomic E-state index is 0.00567. The van der Waals surface area contributed by atoms with Gasteiger partial charge in [0.05, 0.1) is 5.56 Å². The molecule has 6 heteroatoms. The number of hydrogen-bond acceptors (Lipinski definition) is 2. The van der Waals surface area contributed by atoms with Crippen molar-refractivity contribution in [2.24, 2.45) is 0 Å². The highest BCUT2D eigenvalue weighted by atomic mass is 35.5. The van der Waals surface area contributed by atoms with E-state index in [1.807, 2.05) is 0 Å². The predicted molar refractivity (Wildman–Crippen MR) is 74.6 cm³/mol. The minimum atomic E-state index is -0.829. The first kappa shape index (κ1) is 13.8. The fraction of sp³-hybridized carbons (Fsp3) is 0.0667. The van der Waals surface area contributed by atoms with Crippen LogP contribution in [0.5, 0.6) is 0 Å². The summed E-state index contributed by atoms with van der Waals surface area (Å²) < 4.78 is 41.0. The van der Waals surface area contributed by atoms with E-state index in [1.54, 1.807) is 6.07 Å². The first-order chi connectivity index (χ1) is 9.97. The maximum Gasteiger partial charge on any atom is 0.164 e. The molecular formula is C15H8ClF3N2. The van der Waals surface area contributed by atoms with Crippen LogP contribution in [-0.2, 0) is 0 Å². The summed E-state index contributed by atoms with van der Waals surface area (Å²) in [5.74, 6) is -2.17. The van der Waals surface area contributed by atoms with Gasteiger partial charge in [-0.3, -0.25) is 0 Å². The molecule has 21 heavy (non-hydrogen) atoms. The minimum Gasteiger partial charge on any atom is -0.225 e. The molecule has 0 aliphatic rings. The van der Waals surface area contributed by atoms with Crippen LogP contribution in [0.3, 0.4) is 0 Å². The second-order valence-electron chi connectivity index (χ2n) is 4.56. The molecule has 1 aromatic heterocycles. The highest BCUT2D eigenvalue weighted by molar-refractivity contribution is 6.34. The summed E-state index contributed by atoms with van der Waals surface area (Å²) in [6, 6.07) is 6.28. The first-order valence-corrected chi connectivity index (χ1v) is 6.43. The van der Waals surface area contributed by atoms with Gasteiger partial charge in [0, 0.05) is 11.5 Å². The average Bonchev–Trinajstić information content (AvgIpc) is 2.44. The van der Waals surface area contributed by atoms with Crippen molar-refractivity contribution in [2.45, 2.75) is 6.92 Å². The second kappa shape index (κ2) is 5.00. The topological polar surface area (TPSA) is 25.8 Å². The van der Waals surface area contributed by atoms with Crippen LogP contribution in [0.2, 0.25) is 5.15 Å². The van der Waals surface area contributed by atoms with Crippen LogP contribution in [0.25, 0.3) is 22.3 Å². The highest BCUT2D eigenvalue weighted by Crippen LogP contribution is 2.28. The van der Waals surface area contributed by atoms with E-state index in [1.165, 1.54) is 25.1 Å². The lowest BCUT2D eigenvalue weighted by Gasteiger charge is -2.07. The van der Waals surface area contributed by atoms with E-state index < -0.39 is 17.5 Å². The third-order valence-electron chi connectivity index (χ3n) is 3.12. The third kappa shape index (κ3) is 2.34. The summed E-state index contributed by atoms with van der Waals surface area (Å²) in [7, 11) is 0. The maximum atomic E-state index is 13.9. The number of nitrogens with zero attached hydrogens (tertiary/aromatic N) is 2. The lowest BCUT2D eigenvalue weighted by Crippen LogP contribution is -1.98. The zero-order valence-corrected chi connectivity index (χ0v) is 11.5. The Bertz CT molecular complexity index is 865. The second-order valence-corrected chi connectivity index (χ2v) is 4.91. The van der Waals surface area contributed by atoms with E-state index in [4.69, 9.17) is 11.6 Å². The SMILES string of the molecule is Cc1cc(-c2nc(Cl)c3cccc(F)c3n2)c(F)cc1F. The number of halogens is 4. The van der Waals surface area contributed by atoms with E-state index in [0.29, 0.717) is 5.39 Å². The molecule has 0 radical (unpaired) electrons. The van der Waals surface area contributed by atoms with E-state index in [2.05, 4.69) is 9.97 Å². The summed E-state index contributed by atoms with van der Waals surface area (Å²) >= 11 is 5.99. The van der Waals surface area contributed by atoms with Gasteiger partial charge < -0.3 is 0 Å². The number of rotatable bonds is 1. The van der Waals surface area contributed by atoms with Gasteiger partial charge in [-0.2, -0.15) is 0 Å². The summed E-state index contributed by atoms with van der Waals surface area (Å²) in [6.07, 6.45) is 0. The molecule has 3 rings (SSSR count). The van der Waals surface area contributed by atoms with Gasteiger partial charge in [0.15, 0.2) is 5.82 Å². The van der Waals surface area contributed by atoms with Gasteiger partial charge in [0.1, 0.15) is 28.1 Å². The number of hydrogen-bond donors (Lipinski definition) is 0. The molecule has 0 unspecified atom stereocenters. The van der Waals surface area contributed by atoms with Crippen LogP contribution in [0.1, 0.15) is 5.56 Å². The van der Waals surface area contributed by atoms with Gasteiger partial charge in [0.2, 0.25) is 0 Å². The Morgan fingerprint density at radius 3 is 2.48 bits per heavy atom. The molecule has 3 aromatic rings. The Labute approximate surface area is 123 Å². The number of benzene rings is 2. The van der Waals surface area contributed by atoms with E-state index >= 15 is 0 Å². The summed E-state index contributed by atoms with van der Waals surface area (Å²) in [5.41, 5.74) is 0.203. The maximum absolute atomic E-state index is 13.9. The van der Waals surface area contributed by atoms with Gasteiger partial charge in [-0.05, 0) is 30.7 Å². The predicted octanol–water partition coefficient (Wildman–Crippen LogP) is 4.68. The Hall–Kier alpha value is -2.14. The Balaban J connectivity index is 2.31. The van der Waals surface area contributed by atoms with Crippen molar-refractivity contribution in [2.75, 3.05) is 0 Å². The summed E-state index contributed by atoms with van der Waals surface area (Å²) in [5, 5.41) is 0.343. The normalized spacial score (nSPS) is 11.1. The average molecular weight is 309 g/mol. The van der Waals surface area contributed by atoms with Crippen molar-refractivity contribution in [3.05, 3.63) is 58.5 Å². The number of aromatic nitrogens is 2. The highest BCUT2D eigenvalue weighted by Gasteiger charge is 2.15. The van der Waals surface area contributed by atoms with Crippen molar-refractivity contribution in [1.29, 1.82) is 0 Å². The van der Waals surface area contributed by atoms with Crippen molar-refractivity contribution >= 4 is 22.5 Å². The van der Waals surface area contributed by atoms with Crippen LogP contribution in [0.4, 0.5) is 13.2 Å². The van der Waals surface area contributed by atoms with Crippen LogP contribution in [0.15, 0.2) is 30.3 Å². The molecule has 0 saturated heterocycles. The lowest BCUT2D eigenvalue weighted by molar-refractivity contribution is 0.579. The van der Waals surface area contributed by atoms with E-state index in [-0.39, 0.29) is 27.6 Å². The molecule has 0 spiro atoms.